The molecule has 0 aliphatic carbocycles. The average molecular weight is 292 g/mol. The molecule has 0 radical (unpaired) electrons. The summed E-state index contributed by atoms with van der Waals surface area (Å²) in [5.74, 6) is 4.93. The lowest BCUT2D eigenvalue weighted by atomic mass is 10.1. The Hall–Kier alpha value is -1.84. The molecule has 2 rings (SSSR count). The van der Waals surface area contributed by atoms with Gasteiger partial charge in [-0.1, -0.05) is 17.9 Å². The minimum atomic E-state index is -3.05. The molecule has 1 aromatic rings. The molecule has 1 saturated heterocycles. The molecule has 20 heavy (non-hydrogen) atoms. The van der Waals surface area contributed by atoms with Gasteiger partial charge in [-0.15, -0.1) is 0 Å². The quantitative estimate of drug-likeness (QED) is 0.771. The van der Waals surface area contributed by atoms with Crippen molar-refractivity contribution in [3.8, 4) is 11.8 Å². The summed E-state index contributed by atoms with van der Waals surface area (Å²) < 4.78 is 22.7. The first kappa shape index (κ1) is 14.6. The Labute approximate surface area is 118 Å². The number of carbonyl (C=O) groups excluding carboxylic acids is 1. The maximum Gasteiger partial charge on any atom is 0.228 e. The highest BCUT2D eigenvalue weighted by molar-refractivity contribution is 7.91. The second-order valence-corrected chi connectivity index (χ2v) is 6.90. The van der Waals surface area contributed by atoms with Crippen LogP contribution in [0.2, 0.25) is 0 Å². The zero-order valence-electron chi connectivity index (χ0n) is 10.9. The second-order valence-electron chi connectivity index (χ2n) is 4.68. The van der Waals surface area contributed by atoms with E-state index >= 15 is 0 Å². The average Bonchev–Trinajstić information content (AvgIpc) is 2.77. The van der Waals surface area contributed by atoms with Crippen LogP contribution in [0.25, 0.3) is 0 Å². The largest absolute Gasteiger partial charge is 0.326 e. The SMILES string of the molecule is NCC#Cc1cccc(NC(=O)C2CCS(=O)(=O)C2)c1. The highest BCUT2D eigenvalue weighted by Crippen LogP contribution is 2.20. The highest BCUT2D eigenvalue weighted by Gasteiger charge is 2.32. The number of amides is 1. The number of hydrogen-bond donors (Lipinski definition) is 2. The van der Waals surface area contributed by atoms with E-state index in [1.54, 1.807) is 18.2 Å². The van der Waals surface area contributed by atoms with Crippen LogP contribution >= 0.6 is 0 Å². The highest BCUT2D eigenvalue weighted by atomic mass is 32.2. The van der Waals surface area contributed by atoms with Crippen molar-refractivity contribution in [3.63, 3.8) is 0 Å². The van der Waals surface area contributed by atoms with Crippen LogP contribution in [0, 0.1) is 17.8 Å². The van der Waals surface area contributed by atoms with Gasteiger partial charge in [-0.25, -0.2) is 8.42 Å². The summed E-state index contributed by atoms with van der Waals surface area (Å²) >= 11 is 0. The van der Waals surface area contributed by atoms with E-state index in [1.165, 1.54) is 0 Å². The first-order chi connectivity index (χ1) is 9.50. The van der Waals surface area contributed by atoms with Gasteiger partial charge in [0.05, 0.1) is 24.0 Å². The first-order valence-corrected chi connectivity index (χ1v) is 8.12. The number of nitrogens with two attached hydrogens (primary N) is 1. The van der Waals surface area contributed by atoms with Crippen molar-refractivity contribution in [3.05, 3.63) is 29.8 Å². The van der Waals surface area contributed by atoms with Crippen molar-refractivity contribution in [2.75, 3.05) is 23.4 Å². The Bertz CT molecular complexity index is 671. The number of nitrogens with one attached hydrogen (secondary N) is 1. The summed E-state index contributed by atoms with van der Waals surface area (Å²) in [6, 6.07) is 7.08. The lowest BCUT2D eigenvalue weighted by molar-refractivity contribution is -0.119. The molecule has 1 fully saturated rings. The van der Waals surface area contributed by atoms with Crippen LogP contribution < -0.4 is 11.1 Å². The Morgan fingerprint density at radius 1 is 1.45 bits per heavy atom. The summed E-state index contributed by atoms with van der Waals surface area (Å²) in [6.45, 7) is 0.274. The molecular formula is C14H16N2O3S. The molecule has 1 heterocycles. The Balaban J connectivity index is 2.05. The summed E-state index contributed by atoms with van der Waals surface area (Å²) in [7, 11) is -3.05. The molecule has 0 saturated carbocycles. The summed E-state index contributed by atoms with van der Waals surface area (Å²) in [5.41, 5.74) is 6.67. The summed E-state index contributed by atoms with van der Waals surface area (Å²) in [6.07, 6.45) is 0.390. The smallest absolute Gasteiger partial charge is 0.228 e. The van der Waals surface area contributed by atoms with Crippen LogP contribution in [0.1, 0.15) is 12.0 Å². The number of benzene rings is 1. The van der Waals surface area contributed by atoms with Crippen molar-refractivity contribution in [2.45, 2.75) is 6.42 Å². The zero-order valence-corrected chi connectivity index (χ0v) is 11.7. The van der Waals surface area contributed by atoms with Gasteiger partial charge in [0.1, 0.15) is 0 Å². The van der Waals surface area contributed by atoms with Crippen LogP contribution in [0.15, 0.2) is 24.3 Å². The number of rotatable bonds is 2. The molecule has 3 N–H and O–H groups in total. The fourth-order valence-corrected chi connectivity index (χ4v) is 3.82. The lowest BCUT2D eigenvalue weighted by Gasteiger charge is -2.09. The van der Waals surface area contributed by atoms with Gasteiger partial charge in [0.15, 0.2) is 9.84 Å². The molecule has 1 unspecified atom stereocenters. The van der Waals surface area contributed by atoms with Gasteiger partial charge >= 0.3 is 0 Å². The molecule has 0 aromatic heterocycles. The van der Waals surface area contributed by atoms with E-state index in [-0.39, 0.29) is 24.0 Å². The minimum absolute atomic E-state index is 0.0640. The van der Waals surface area contributed by atoms with Gasteiger partial charge in [-0.3, -0.25) is 4.79 Å². The molecule has 1 amide bonds. The van der Waals surface area contributed by atoms with Crippen molar-refractivity contribution in [2.24, 2.45) is 11.7 Å². The zero-order chi connectivity index (χ0) is 14.6. The molecule has 1 atom stereocenters. The Morgan fingerprint density at radius 3 is 2.90 bits per heavy atom. The predicted octanol–water partition coefficient (Wildman–Crippen LogP) is 0.370. The fraction of sp³-hybridized carbons (Fsp3) is 0.357. The van der Waals surface area contributed by atoms with Gasteiger partial charge in [0.25, 0.3) is 0 Å². The van der Waals surface area contributed by atoms with Gasteiger partial charge < -0.3 is 11.1 Å². The molecule has 0 bridgehead atoms. The van der Waals surface area contributed by atoms with Gasteiger partial charge in [0.2, 0.25) is 5.91 Å². The molecule has 5 nitrogen and oxygen atoms in total. The van der Waals surface area contributed by atoms with E-state index in [0.717, 1.165) is 5.56 Å². The number of carbonyl (C=O) groups is 1. The lowest BCUT2D eigenvalue weighted by Crippen LogP contribution is -2.23. The van der Waals surface area contributed by atoms with Gasteiger partial charge in [-0.05, 0) is 24.6 Å². The van der Waals surface area contributed by atoms with Crippen LogP contribution in [0.3, 0.4) is 0 Å². The standard InChI is InChI=1S/C14H16N2O3S/c15-7-2-4-11-3-1-5-13(9-11)16-14(17)12-6-8-20(18,19)10-12/h1,3,5,9,12H,6-8,10,15H2,(H,16,17). The maximum atomic E-state index is 12.0. The minimum Gasteiger partial charge on any atom is -0.326 e. The topological polar surface area (TPSA) is 89.3 Å². The van der Waals surface area contributed by atoms with Crippen LogP contribution in [0.4, 0.5) is 5.69 Å². The fourth-order valence-electron chi connectivity index (χ4n) is 2.07. The van der Waals surface area contributed by atoms with Crippen molar-refractivity contribution in [1.82, 2.24) is 0 Å². The van der Waals surface area contributed by atoms with E-state index < -0.39 is 15.8 Å². The van der Waals surface area contributed by atoms with E-state index in [9.17, 15) is 13.2 Å². The molecule has 0 spiro atoms. The third kappa shape index (κ3) is 3.83. The van der Waals surface area contributed by atoms with Crippen LogP contribution in [0.5, 0.6) is 0 Å². The van der Waals surface area contributed by atoms with E-state index in [1.807, 2.05) is 6.07 Å². The Morgan fingerprint density at radius 2 is 2.25 bits per heavy atom. The first-order valence-electron chi connectivity index (χ1n) is 6.30. The molecule has 1 aromatic carbocycles. The van der Waals surface area contributed by atoms with Crippen molar-refractivity contribution < 1.29 is 13.2 Å². The number of hydrogen-bond acceptors (Lipinski definition) is 4. The summed E-state index contributed by atoms with van der Waals surface area (Å²) in [5, 5.41) is 2.74. The van der Waals surface area contributed by atoms with E-state index in [0.29, 0.717) is 12.1 Å². The molecule has 1 aliphatic rings. The Kier molecular flexibility index (Phi) is 4.42. The molecule has 1 aliphatic heterocycles. The predicted molar refractivity (Wildman–Crippen MR) is 77.8 cm³/mol. The van der Waals surface area contributed by atoms with Gasteiger partial charge in [-0.2, -0.15) is 0 Å². The third-order valence-electron chi connectivity index (χ3n) is 3.07. The van der Waals surface area contributed by atoms with Crippen molar-refractivity contribution >= 4 is 21.4 Å². The maximum absolute atomic E-state index is 12.0. The third-order valence-corrected chi connectivity index (χ3v) is 4.84. The van der Waals surface area contributed by atoms with Gasteiger partial charge in [0, 0.05) is 11.3 Å². The molecule has 106 valence electrons. The number of sulfone groups is 1. The van der Waals surface area contributed by atoms with Crippen molar-refractivity contribution in [1.29, 1.82) is 0 Å². The molecule has 6 heteroatoms. The second kappa shape index (κ2) is 6.07. The van der Waals surface area contributed by atoms with Crippen LogP contribution in [-0.2, 0) is 14.6 Å². The van der Waals surface area contributed by atoms with Crippen LogP contribution in [-0.4, -0.2) is 32.4 Å². The summed E-state index contributed by atoms with van der Waals surface area (Å²) in [4.78, 5) is 12.0. The molecular weight excluding hydrogens is 276 g/mol. The van der Waals surface area contributed by atoms with E-state index in [4.69, 9.17) is 5.73 Å². The monoisotopic (exact) mass is 292 g/mol. The normalized spacial score (nSPS) is 19.9. The van der Waals surface area contributed by atoms with E-state index in [2.05, 4.69) is 17.2 Å². The number of anilines is 1.